The molecule has 7 heteroatoms. The summed E-state index contributed by atoms with van der Waals surface area (Å²) in [7, 11) is 1.62. The minimum absolute atomic E-state index is 0.365. The Hall–Kier alpha value is -1.86. The number of rotatable bonds is 4. The van der Waals surface area contributed by atoms with Crippen LogP contribution in [0.4, 0.5) is 17.5 Å². The van der Waals surface area contributed by atoms with E-state index in [1.165, 1.54) is 0 Å². The molecule has 2 rings (SSSR count). The molecular weight excluding hydrogens is 310 g/mol. The molecule has 0 saturated heterocycles. The number of ether oxygens (including phenoxy) is 1. The molecule has 0 saturated carbocycles. The van der Waals surface area contributed by atoms with Gasteiger partial charge in [0.2, 0.25) is 5.95 Å². The van der Waals surface area contributed by atoms with E-state index in [2.05, 4.69) is 36.6 Å². The molecule has 0 bridgehead atoms. The highest BCUT2D eigenvalue weighted by Crippen LogP contribution is 2.26. The lowest BCUT2D eigenvalue weighted by Crippen LogP contribution is -2.11. The van der Waals surface area contributed by atoms with Crippen LogP contribution in [-0.4, -0.2) is 17.1 Å². The number of hydrogen-bond acceptors (Lipinski definition) is 6. The third-order valence-electron chi connectivity index (χ3n) is 2.36. The third-order valence-corrected chi connectivity index (χ3v) is 2.82. The van der Waals surface area contributed by atoms with Crippen LogP contribution in [-0.2, 0) is 0 Å². The van der Waals surface area contributed by atoms with Gasteiger partial charge in [0.25, 0.3) is 0 Å². The zero-order valence-corrected chi connectivity index (χ0v) is 12.2. The van der Waals surface area contributed by atoms with E-state index in [4.69, 9.17) is 10.6 Å². The number of nitrogen functional groups attached to an aromatic ring is 1. The molecule has 0 aliphatic heterocycles. The van der Waals surface area contributed by atoms with E-state index < -0.39 is 0 Å². The number of anilines is 3. The molecule has 0 aliphatic carbocycles. The minimum atomic E-state index is 0.365. The largest absolute Gasteiger partial charge is 0.497 e. The molecule has 0 aliphatic rings. The Balaban J connectivity index is 2.30. The SMILES string of the molecule is COc1cc(Br)cc(Nc2cc(C)nc(NN)n2)c1. The molecule has 0 amide bonds. The van der Waals surface area contributed by atoms with Gasteiger partial charge in [0.15, 0.2) is 0 Å². The number of methoxy groups -OCH3 is 1. The van der Waals surface area contributed by atoms with Crippen molar-refractivity contribution in [1.29, 1.82) is 0 Å². The fraction of sp³-hybridized carbons (Fsp3) is 0.167. The number of hydrazine groups is 1. The second-order valence-corrected chi connectivity index (χ2v) is 4.78. The standard InChI is InChI=1S/C12H14BrN5O/c1-7-3-11(17-12(15-7)18-14)16-9-4-8(13)5-10(6-9)19-2/h3-6H,14H2,1-2H3,(H2,15,16,17,18). The Morgan fingerprint density at radius 1 is 1.21 bits per heavy atom. The predicted octanol–water partition coefficient (Wildman–Crippen LogP) is 2.59. The van der Waals surface area contributed by atoms with Gasteiger partial charge >= 0.3 is 0 Å². The first-order valence-electron chi connectivity index (χ1n) is 5.54. The average Bonchev–Trinajstić information content (AvgIpc) is 2.37. The number of hydrogen-bond donors (Lipinski definition) is 3. The van der Waals surface area contributed by atoms with Gasteiger partial charge < -0.3 is 10.1 Å². The molecule has 0 fully saturated rings. The highest BCUT2D eigenvalue weighted by Gasteiger charge is 2.04. The van der Waals surface area contributed by atoms with Crippen molar-refractivity contribution in [3.05, 3.63) is 34.4 Å². The molecule has 1 aromatic carbocycles. The van der Waals surface area contributed by atoms with E-state index in [0.29, 0.717) is 11.8 Å². The summed E-state index contributed by atoms with van der Waals surface area (Å²) in [6, 6.07) is 7.50. The number of nitrogens with two attached hydrogens (primary N) is 1. The lowest BCUT2D eigenvalue weighted by Gasteiger charge is -2.10. The van der Waals surface area contributed by atoms with E-state index in [0.717, 1.165) is 21.6 Å². The molecule has 6 nitrogen and oxygen atoms in total. The van der Waals surface area contributed by atoms with E-state index in [-0.39, 0.29) is 0 Å². The molecule has 0 atom stereocenters. The van der Waals surface area contributed by atoms with Crippen LogP contribution in [0.2, 0.25) is 0 Å². The van der Waals surface area contributed by atoms with Crippen LogP contribution in [0.25, 0.3) is 0 Å². The summed E-state index contributed by atoms with van der Waals surface area (Å²) < 4.78 is 6.12. The maximum Gasteiger partial charge on any atom is 0.239 e. The third kappa shape index (κ3) is 3.55. The van der Waals surface area contributed by atoms with Crippen LogP contribution in [0.3, 0.4) is 0 Å². The van der Waals surface area contributed by atoms with Crippen LogP contribution in [0.15, 0.2) is 28.7 Å². The Morgan fingerprint density at radius 3 is 2.68 bits per heavy atom. The number of aromatic nitrogens is 2. The summed E-state index contributed by atoms with van der Waals surface area (Å²) in [5, 5.41) is 3.18. The Morgan fingerprint density at radius 2 is 2.00 bits per heavy atom. The molecule has 0 unspecified atom stereocenters. The summed E-state index contributed by atoms with van der Waals surface area (Å²) in [5.41, 5.74) is 4.10. The fourth-order valence-electron chi connectivity index (χ4n) is 1.60. The molecule has 0 spiro atoms. The maximum absolute atomic E-state index is 5.32. The Kier molecular flexibility index (Phi) is 4.18. The van der Waals surface area contributed by atoms with Crippen LogP contribution >= 0.6 is 15.9 Å². The monoisotopic (exact) mass is 323 g/mol. The molecule has 19 heavy (non-hydrogen) atoms. The highest BCUT2D eigenvalue weighted by molar-refractivity contribution is 9.10. The number of halogens is 1. The Labute approximate surface area is 119 Å². The van der Waals surface area contributed by atoms with Gasteiger partial charge in [-0.1, -0.05) is 15.9 Å². The van der Waals surface area contributed by atoms with E-state index >= 15 is 0 Å². The lowest BCUT2D eigenvalue weighted by molar-refractivity contribution is 0.415. The zero-order chi connectivity index (χ0) is 13.8. The minimum Gasteiger partial charge on any atom is -0.497 e. The quantitative estimate of drug-likeness (QED) is 0.592. The number of nitrogens with zero attached hydrogens (tertiary/aromatic N) is 2. The van der Waals surface area contributed by atoms with Crippen molar-refractivity contribution in [1.82, 2.24) is 9.97 Å². The fourth-order valence-corrected chi connectivity index (χ4v) is 2.07. The molecule has 100 valence electrons. The van der Waals surface area contributed by atoms with Crippen molar-refractivity contribution < 1.29 is 4.74 Å². The van der Waals surface area contributed by atoms with Gasteiger partial charge in [0.05, 0.1) is 7.11 Å². The van der Waals surface area contributed by atoms with Crippen molar-refractivity contribution in [2.24, 2.45) is 5.84 Å². The highest BCUT2D eigenvalue weighted by atomic mass is 79.9. The van der Waals surface area contributed by atoms with Gasteiger partial charge in [0, 0.05) is 28.0 Å². The normalized spacial score (nSPS) is 10.1. The number of aryl methyl sites for hydroxylation is 1. The van der Waals surface area contributed by atoms with Gasteiger partial charge in [-0.05, 0) is 19.1 Å². The van der Waals surface area contributed by atoms with Gasteiger partial charge in [0.1, 0.15) is 11.6 Å². The molecule has 4 N–H and O–H groups in total. The first-order chi connectivity index (χ1) is 9.10. The van der Waals surface area contributed by atoms with Gasteiger partial charge in [-0.25, -0.2) is 10.8 Å². The number of nitrogens with one attached hydrogen (secondary N) is 2. The zero-order valence-electron chi connectivity index (χ0n) is 10.6. The first-order valence-corrected chi connectivity index (χ1v) is 6.34. The molecule has 0 radical (unpaired) electrons. The van der Waals surface area contributed by atoms with Gasteiger partial charge in [-0.2, -0.15) is 4.98 Å². The second-order valence-electron chi connectivity index (χ2n) is 3.87. The van der Waals surface area contributed by atoms with Crippen molar-refractivity contribution >= 4 is 33.4 Å². The van der Waals surface area contributed by atoms with Crippen molar-refractivity contribution in [2.75, 3.05) is 17.9 Å². The number of benzene rings is 1. The van der Waals surface area contributed by atoms with E-state index in [1.807, 2.05) is 31.2 Å². The molecular formula is C12H14BrN5O. The summed E-state index contributed by atoms with van der Waals surface area (Å²) in [6.07, 6.45) is 0. The van der Waals surface area contributed by atoms with Crippen molar-refractivity contribution in [3.63, 3.8) is 0 Å². The van der Waals surface area contributed by atoms with Crippen LogP contribution in [0.5, 0.6) is 5.75 Å². The van der Waals surface area contributed by atoms with Gasteiger partial charge in [-0.3, -0.25) is 5.43 Å². The van der Waals surface area contributed by atoms with Crippen LogP contribution in [0, 0.1) is 6.92 Å². The van der Waals surface area contributed by atoms with Crippen molar-refractivity contribution in [2.45, 2.75) is 6.92 Å². The van der Waals surface area contributed by atoms with Crippen LogP contribution < -0.4 is 21.3 Å². The van der Waals surface area contributed by atoms with E-state index in [1.54, 1.807) is 7.11 Å². The average molecular weight is 324 g/mol. The van der Waals surface area contributed by atoms with Gasteiger partial charge in [-0.15, -0.1) is 0 Å². The predicted molar refractivity (Wildman–Crippen MR) is 78.6 cm³/mol. The molecule has 2 aromatic rings. The second kappa shape index (κ2) is 5.85. The van der Waals surface area contributed by atoms with Crippen LogP contribution in [0.1, 0.15) is 5.69 Å². The first kappa shape index (κ1) is 13.6. The smallest absolute Gasteiger partial charge is 0.239 e. The summed E-state index contributed by atoms with van der Waals surface area (Å²) >= 11 is 3.42. The molecule has 1 heterocycles. The summed E-state index contributed by atoms with van der Waals surface area (Å²) in [6.45, 7) is 1.87. The van der Waals surface area contributed by atoms with Crippen molar-refractivity contribution in [3.8, 4) is 5.75 Å². The topological polar surface area (TPSA) is 85.1 Å². The maximum atomic E-state index is 5.32. The van der Waals surface area contributed by atoms with E-state index in [9.17, 15) is 0 Å². The lowest BCUT2D eigenvalue weighted by atomic mass is 10.3. The summed E-state index contributed by atoms with van der Waals surface area (Å²) in [4.78, 5) is 8.34. The Bertz CT molecular complexity index is 539. The molecule has 1 aromatic heterocycles. The summed E-state index contributed by atoms with van der Waals surface area (Å²) in [5.74, 6) is 7.09.